The zero-order chi connectivity index (χ0) is 20.0. The van der Waals surface area contributed by atoms with Crippen molar-refractivity contribution >= 4 is 23.0 Å². The Labute approximate surface area is 164 Å². The molecule has 2 aliphatic rings. The summed E-state index contributed by atoms with van der Waals surface area (Å²) in [6.07, 6.45) is 7.69. The van der Waals surface area contributed by atoms with Gasteiger partial charge in [0.05, 0.1) is 36.1 Å². The largest absolute Gasteiger partial charge is 0.278 e. The summed E-state index contributed by atoms with van der Waals surface area (Å²) in [5, 5.41) is 10.7. The minimum Gasteiger partial charge on any atom is -0.267 e. The molecule has 0 fully saturated rings. The molecule has 8 heteroatoms. The SMILES string of the molecule is O=C(C1=C=C(Cn2ncc3ccncc32)C1)N1N=CCC1c1cc(F)cc(F)c1. The molecule has 2 aromatic heterocycles. The van der Waals surface area contributed by atoms with E-state index in [1.54, 1.807) is 24.8 Å². The molecule has 0 saturated carbocycles. The molecule has 144 valence electrons. The number of pyridine rings is 1. The van der Waals surface area contributed by atoms with E-state index in [2.05, 4.69) is 20.9 Å². The minimum absolute atomic E-state index is 0.302. The number of aromatic nitrogens is 3. The fourth-order valence-corrected chi connectivity index (χ4v) is 3.65. The molecule has 3 heterocycles. The van der Waals surface area contributed by atoms with Crippen molar-refractivity contribution < 1.29 is 13.6 Å². The van der Waals surface area contributed by atoms with E-state index in [-0.39, 0.29) is 5.91 Å². The molecule has 1 aliphatic carbocycles. The zero-order valence-electron chi connectivity index (χ0n) is 15.2. The van der Waals surface area contributed by atoms with Crippen molar-refractivity contribution in [3.05, 3.63) is 76.9 Å². The summed E-state index contributed by atoms with van der Waals surface area (Å²) in [5.41, 5.74) is 5.83. The first-order valence-corrected chi connectivity index (χ1v) is 9.13. The van der Waals surface area contributed by atoms with Crippen LogP contribution in [0.15, 0.2) is 64.8 Å². The van der Waals surface area contributed by atoms with Gasteiger partial charge in [-0.15, -0.1) is 5.73 Å². The standard InChI is InChI=1S/C21H15F2N5O/c22-17-7-15(8-18(23)9-17)19-2-4-25-28(19)21(29)16-5-13(6-16)12-27-20-11-24-3-1-14(20)10-26-27/h1,3-4,7-11,19H,2,5,12H2. The third-order valence-electron chi connectivity index (χ3n) is 5.07. The summed E-state index contributed by atoms with van der Waals surface area (Å²) in [6, 6.07) is 4.64. The van der Waals surface area contributed by atoms with Crippen LogP contribution in [0.25, 0.3) is 10.9 Å². The van der Waals surface area contributed by atoms with Gasteiger partial charge in [-0.2, -0.15) is 10.2 Å². The molecular formula is C21H15F2N5O. The second-order valence-corrected chi connectivity index (χ2v) is 7.02. The van der Waals surface area contributed by atoms with Crippen molar-refractivity contribution in [2.75, 3.05) is 0 Å². The minimum atomic E-state index is -0.676. The molecule has 0 bridgehead atoms. The summed E-state index contributed by atoms with van der Waals surface area (Å²) >= 11 is 0. The van der Waals surface area contributed by atoms with Crippen LogP contribution in [0.5, 0.6) is 0 Å². The van der Waals surface area contributed by atoms with Gasteiger partial charge in [0.2, 0.25) is 0 Å². The van der Waals surface area contributed by atoms with Crippen LogP contribution in [0.3, 0.4) is 0 Å². The Morgan fingerprint density at radius 3 is 2.79 bits per heavy atom. The number of benzene rings is 1. The van der Waals surface area contributed by atoms with Gasteiger partial charge in [-0.3, -0.25) is 14.5 Å². The molecule has 0 saturated heterocycles. The molecule has 1 aromatic carbocycles. The van der Waals surface area contributed by atoms with Crippen molar-refractivity contribution in [2.45, 2.75) is 25.4 Å². The lowest BCUT2D eigenvalue weighted by Crippen LogP contribution is -2.30. The number of nitrogens with zero attached hydrogens (tertiary/aromatic N) is 5. The fraction of sp³-hybridized carbons (Fsp3) is 0.190. The third-order valence-corrected chi connectivity index (χ3v) is 5.07. The molecule has 1 amide bonds. The Kier molecular flexibility index (Phi) is 4.07. The van der Waals surface area contributed by atoms with Gasteiger partial charge in [0, 0.05) is 36.7 Å². The van der Waals surface area contributed by atoms with Gasteiger partial charge in [-0.05, 0) is 29.3 Å². The van der Waals surface area contributed by atoms with Crippen LogP contribution in [0.2, 0.25) is 0 Å². The topological polar surface area (TPSA) is 63.4 Å². The highest BCUT2D eigenvalue weighted by Gasteiger charge is 2.33. The molecule has 1 atom stereocenters. The van der Waals surface area contributed by atoms with Crippen molar-refractivity contribution in [2.24, 2.45) is 5.10 Å². The van der Waals surface area contributed by atoms with Gasteiger partial charge in [-0.25, -0.2) is 13.8 Å². The van der Waals surface area contributed by atoms with E-state index >= 15 is 0 Å². The van der Waals surface area contributed by atoms with Crippen molar-refractivity contribution in [1.82, 2.24) is 19.8 Å². The maximum atomic E-state index is 13.6. The maximum Gasteiger partial charge on any atom is 0.278 e. The quantitative estimate of drug-likeness (QED) is 0.640. The number of hydrogen-bond acceptors (Lipinski definition) is 4. The van der Waals surface area contributed by atoms with Gasteiger partial charge in [0.1, 0.15) is 11.6 Å². The molecule has 1 unspecified atom stereocenters. The summed E-state index contributed by atoms with van der Waals surface area (Å²) in [5.74, 6) is -1.65. The molecule has 0 N–H and O–H groups in total. The number of hydrazone groups is 1. The number of fused-ring (bicyclic) bond motifs is 1. The van der Waals surface area contributed by atoms with E-state index in [0.717, 1.165) is 22.5 Å². The van der Waals surface area contributed by atoms with E-state index in [1.165, 1.54) is 17.1 Å². The second-order valence-electron chi connectivity index (χ2n) is 7.02. The number of halogens is 2. The lowest BCUT2D eigenvalue weighted by Gasteiger charge is -2.25. The molecule has 0 radical (unpaired) electrons. The molecule has 6 nitrogen and oxygen atoms in total. The Hall–Kier alpha value is -3.64. The Bertz CT molecular complexity index is 1220. The molecule has 3 aromatic rings. The van der Waals surface area contributed by atoms with Crippen molar-refractivity contribution in [3.8, 4) is 0 Å². The average molecular weight is 391 g/mol. The van der Waals surface area contributed by atoms with Crippen LogP contribution in [0, 0.1) is 11.6 Å². The number of amides is 1. The monoisotopic (exact) mass is 391 g/mol. The van der Waals surface area contributed by atoms with Gasteiger partial charge >= 0.3 is 0 Å². The van der Waals surface area contributed by atoms with Gasteiger partial charge in [-0.1, -0.05) is 0 Å². The molecule has 0 spiro atoms. The predicted octanol–water partition coefficient (Wildman–Crippen LogP) is 3.52. The molecule has 1 aliphatic heterocycles. The number of carbonyl (C=O) groups excluding carboxylic acids is 1. The first kappa shape index (κ1) is 17.5. The summed E-state index contributed by atoms with van der Waals surface area (Å²) < 4.78 is 29.0. The van der Waals surface area contributed by atoms with E-state index in [0.29, 0.717) is 30.5 Å². The smallest absolute Gasteiger partial charge is 0.267 e. The summed E-state index contributed by atoms with van der Waals surface area (Å²) in [7, 11) is 0. The predicted molar refractivity (Wildman–Crippen MR) is 102 cm³/mol. The number of hydrogen-bond donors (Lipinski definition) is 0. The van der Waals surface area contributed by atoms with Crippen LogP contribution in [0.1, 0.15) is 24.4 Å². The normalized spacial score (nSPS) is 18.0. The highest BCUT2D eigenvalue weighted by atomic mass is 19.1. The van der Waals surface area contributed by atoms with E-state index < -0.39 is 17.7 Å². The Morgan fingerprint density at radius 2 is 2.00 bits per heavy atom. The fourth-order valence-electron chi connectivity index (χ4n) is 3.65. The number of rotatable bonds is 4. The van der Waals surface area contributed by atoms with Gasteiger partial charge in [0.25, 0.3) is 5.91 Å². The number of carbonyl (C=O) groups is 1. The summed E-state index contributed by atoms with van der Waals surface area (Å²) in [4.78, 5) is 16.9. The Morgan fingerprint density at radius 1 is 1.21 bits per heavy atom. The van der Waals surface area contributed by atoms with E-state index in [4.69, 9.17) is 0 Å². The van der Waals surface area contributed by atoms with E-state index in [9.17, 15) is 13.6 Å². The average Bonchev–Trinajstić information content (AvgIpc) is 3.30. The second kappa shape index (κ2) is 6.76. The highest BCUT2D eigenvalue weighted by molar-refractivity contribution is 5.96. The summed E-state index contributed by atoms with van der Waals surface area (Å²) in [6.45, 7) is 0.522. The lowest BCUT2D eigenvalue weighted by molar-refractivity contribution is -0.129. The first-order valence-electron chi connectivity index (χ1n) is 9.13. The maximum absolute atomic E-state index is 13.6. The Balaban J connectivity index is 1.37. The van der Waals surface area contributed by atoms with Crippen LogP contribution in [0.4, 0.5) is 8.78 Å². The van der Waals surface area contributed by atoms with Crippen LogP contribution >= 0.6 is 0 Å². The molecular weight excluding hydrogens is 376 g/mol. The van der Waals surface area contributed by atoms with Crippen molar-refractivity contribution in [1.29, 1.82) is 0 Å². The lowest BCUT2D eigenvalue weighted by atomic mass is 9.95. The zero-order valence-corrected chi connectivity index (χ0v) is 15.2. The third kappa shape index (κ3) is 3.13. The molecule has 5 rings (SSSR count). The highest BCUT2D eigenvalue weighted by Crippen LogP contribution is 2.33. The first-order chi connectivity index (χ1) is 14.1. The molecule has 29 heavy (non-hydrogen) atoms. The van der Waals surface area contributed by atoms with Crippen LogP contribution in [-0.4, -0.2) is 31.9 Å². The van der Waals surface area contributed by atoms with Crippen molar-refractivity contribution in [3.63, 3.8) is 0 Å². The van der Waals surface area contributed by atoms with Crippen LogP contribution < -0.4 is 0 Å². The van der Waals surface area contributed by atoms with Crippen LogP contribution in [-0.2, 0) is 11.3 Å². The van der Waals surface area contributed by atoms with E-state index in [1.807, 2.05) is 10.7 Å². The van der Waals surface area contributed by atoms with Gasteiger partial charge in [0.15, 0.2) is 0 Å². The van der Waals surface area contributed by atoms with Gasteiger partial charge < -0.3 is 0 Å².